The molecule has 0 aromatic heterocycles. The molecule has 1 aromatic rings. The zero-order chi connectivity index (χ0) is 13.1. The maximum absolute atomic E-state index is 13.7. The third-order valence-corrected chi connectivity index (χ3v) is 2.78. The Morgan fingerprint density at radius 2 is 1.94 bits per heavy atom. The molecule has 1 aliphatic rings. The number of primary amides is 1. The lowest BCUT2D eigenvalue weighted by Gasteiger charge is -2.27. The molecule has 1 fully saturated rings. The summed E-state index contributed by atoms with van der Waals surface area (Å²) in [5, 5.41) is 0. The molecule has 18 heavy (non-hydrogen) atoms. The van der Waals surface area contributed by atoms with E-state index in [1.165, 1.54) is 17.0 Å². The van der Waals surface area contributed by atoms with Gasteiger partial charge in [0, 0.05) is 18.7 Å². The van der Waals surface area contributed by atoms with Crippen molar-refractivity contribution in [1.29, 1.82) is 0 Å². The normalized spacial score (nSPS) is 15.5. The summed E-state index contributed by atoms with van der Waals surface area (Å²) in [7, 11) is 0. The van der Waals surface area contributed by atoms with E-state index < -0.39 is 17.6 Å². The number of ether oxygens (including phenoxy) is 1. The molecular weight excluding hydrogens is 239 g/mol. The average Bonchev–Trinajstić information content (AvgIpc) is 2.38. The molecule has 1 heterocycles. The van der Waals surface area contributed by atoms with Gasteiger partial charge in [0.15, 0.2) is 0 Å². The predicted molar refractivity (Wildman–Crippen MR) is 61.6 cm³/mol. The number of carbonyl (C=O) groups is 2. The topological polar surface area (TPSA) is 72.6 Å². The number of hydrogen-bond acceptors (Lipinski definition) is 3. The number of hydrogen-bond donors (Lipinski definition) is 1. The molecule has 2 amide bonds. The van der Waals surface area contributed by atoms with Crippen LogP contribution in [0.1, 0.15) is 20.7 Å². The fourth-order valence-electron chi connectivity index (χ4n) is 1.78. The van der Waals surface area contributed by atoms with Gasteiger partial charge in [0.1, 0.15) is 5.82 Å². The Bertz CT molecular complexity index is 484. The van der Waals surface area contributed by atoms with Crippen LogP contribution in [-0.2, 0) is 4.74 Å². The molecule has 6 heteroatoms. The number of benzene rings is 1. The fourth-order valence-corrected chi connectivity index (χ4v) is 1.78. The molecule has 0 radical (unpaired) electrons. The molecule has 0 unspecified atom stereocenters. The Balaban J connectivity index is 2.22. The first kappa shape index (κ1) is 12.5. The van der Waals surface area contributed by atoms with Crippen LogP contribution in [0.2, 0.25) is 0 Å². The molecular formula is C12H13FN2O3. The zero-order valence-electron chi connectivity index (χ0n) is 9.69. The highest BCUT2D eigenvalue weighted by Crippen LogP contribution is 2.14. The molecule has 0 bridgehead atoms. The van der Waals surface area contributed by atoms with Crippen LogP contribution in [0, 0.1) is 5.82 Å². The van der Waals surface area contributed by atoms with Crippen LogP contribution in [0.5, 0.6) is 0 Å². The summed E-state index contributed by atoms with van der Waals surface area (Å²) < 4.78 is 18.8. The Hall–Kier alpha value is -1.95. The third-order valence-electron chi connectivity index (χ3n) is 2.78. The number of nitrogens with two attached hydrogens (primary N) is 1. The number of halogens is 1. The smallest absolute Gasteiger partial charge is 0.256 e. The van der Waals surface area contributed by atoms with Crippen LogP contribution in [0.25, 0.3) is 0 Å². The number of amides is 2. The molecule has 2 rings (SSSR count). The van der Waals surface area contributed by atoms with Gasteiger partial charge in [0.25, 0.3) is 5.91 Å². The van der Waals surface area contributed by atoms with Crippen LogP contribution < -0.4 is 5.73 Å². The first-order valence-corrected chi connectivity index (χ1v) is 5.56. The van der Waals surface area contributed by atoms with E-state index in [1.807, 2.05) is 0 Å². The summed E-state index contributed by atoms with van der Waals surface area (Å²) in [4.78, 5) is 24.4. The van der Waals surface area contributed by atoms with Crippen LogP contribution in [0.4, 0.5) is 4.39 Å². The average molecular weight is 252 g/mol. The molecule has 0 aliphatic carbocycles. The molecule has 1 aliphatic heterocycles. The Morgan fingerprint density at radius 1 is 1.28 bits per heavy atom. The predicted octanol–water partition coefficient (Wildman–Crippen LogP) is 0.397. The molecule has 0 spiro atoms. The number of rotatable bonds is 2. The second-order valence-electron chi connectivity index (χ2n) is 3.96. The van der Waals surface area contributed by atoms with Crippen molar-refractivity contribution in [2.24, 2.45) is 5.73 Å². The van der Waals surface area contributed by atoms with Gasteiger partial charge in [0.05, 0.1) is 18.8 Å². The lowest BCUT2D eigenvalue weighted by atomic mass is 10.1. The summed E-state index contributed by atoms with van der Waals surface area (Å²) in [5.41, 5.74) is 5.03. The van der Waals surface area contributed by atoms with Gasteiger partial charge in [-0.2, -0.15) is 0 Å². The minimum Gasteiger partial charge on any atom is -0.378 e. The Kier molecular flexibility index (Phi) is 3.57. The molecule has 0 atom stereocenters. The second-order valence-corrected chi connectivity index (χ2v) is 3.96. The molecule has 5 nitrogen and oxygen atoms in total. The van der Waals surface area contributed by atoms with Crippen LogP contribution in [0.3, 0.4) is 0 Å². The summed E-state index contributed by atoms with van der Waals surface area (Å²) >= 11 is 0. The highest BCUT2D eigenvalue weighted by Gasteiger charge is 2.21. The van der Waals surface area contributed by atoms with Gasteiger partial charge >= 0.3 is 0 Å². The molecule has 96 valence electrons. The first-order valence-electron chi connectivity index (χ1n) is 5.56. The largest absolute Gasteiger partial charge is 0.378 e. The third kappa shape index (κ3) is 2.48. The van der Waals surface area contributed by atoms with Gasteiger partial charge in [-0.25, -0.2) is 4.39 Å². The van der Waals surface area contributed by atoms with Gasteiger partial charge < -0.3 is 15.4 Å². The van der Waals surface area contributed by atoms with Crippen LogP contribution in [-0.4, -0.2) is 43.0 Å². The second kappa shape index (κ2) is 5.14. The molecule has 0 saturated carbocycles. The number of nitrogens with zero attached hydrogens (tertiary/aromatic N) is 1. The van der Waals surface area contributed by atoms with E-state index in [4.69, 9.17) is 10.5 Å². The van der Waals surface area contributed by atoms with Crippen molar-refractivity contribution >= 4 is 11.8 Å². The summed E-state index contributed by atoms with van der Waals surface area (Å²) in [6.45, 7) is 1.78. The van der Waals surface area contributed by atoms with Crippen molar-refractivity contribution in [1.82, 2.24) is 4.90 Å². The number of carbonyl (C=O) groups excluding carboxylic acids is 2. The molecule has 1 aromatic carbocycles. The van der Waals surface area contributed by atoms with E-state index in [2.05, 4.69) is 0 Å². The van der Waals surface area contributed by atoms with E-state index in [1.54, 1.807) is 0 Å². The lowest BCUT2D eigenvalue weighted by Crippen LogP contribution is -2.41. The maximum atomic E-state index is 13.7. The standard InChI is InChI=1S/C12H13FN2O3/c13-10-7-8(11(14)16)1-2-9(10)12(17)15-3-5-18-6-4-15/h1-2,7H,3-6H2,(H2,14,16). The molecule has 2 N–H and O–H groups in total. The highest BCUT2D eigenvalue weighted by molar-refractivity contribution is 5.97. The summed E-state index contributed by atoms with van der Waals surface area (Å²) in [6, 6.07) is 3.61. The van der Waals surface area contributed by atoms with E-state index >= 15 is 0 Å². The highest BCUT2D eigenvalue weighted by atomic mass is 19.1. The van der Waals surface area contributed by atoms with Gasteiger partial charge in [-0.1, -0.05) is 0 Å². The van der Waals surface area contributed by atoms with Crippen molar-refractivity contribution in [2.75, 3.05) is 26.3 Å². The van der Waals surface area contributed by atoms with Crippen molar-refractivity contribution in [3.8, 4) is 0 Å². The lowest BCUT2D eigenvalue weighted by molar-refractivity contribution is 0.0300. The Morgan fingerprint density at radius 3 is 2.50 bits per heavy atom. The van der Waals surface area contributed by atoms with Gasteiger partial charge in [0.2, 0.25) is 5.91 Å². The van der Waals surface area contributed by atoms with E-state index in [0.717, 1.165) is 6.07 Å². The molecule has 1 saturated heterocycles. The monoisotopic (exact) mass is 252 g/mol. The first-order chi connectivity index (χ1) is 8.59. The van der Waals surface area contributed by atoms with Crippen LogP contribution in [0.15, 0.2) is 18.2 Å². The van der Waals surface area contributed by atoms with E-state index in [0.29, 0.717) is 26.3 Å². The minimum atomic E-state index is -0.734. The summed E-state index contributed by atoms with van der Waals surface area (Å²) in [6.07, 6.45) is 0. The van der Waals surface area contributed by atoms with Gasteiger partial charge in [-0.3, -0.25) is 9.59 Å². The summed E-state index contributed by atoms with van der Waals surface area (Å²) in [5.74, 6) is -1.85. The van der Waals surface area contributed by atoms with Gasteiger partial charge in [-0.05, 0) is 18.2 Å². The number of morpholine rings is 1. The maximum Gasteiger partial charge on any atom is 0.256 e. The van der Waals surface area contributed by atoms with Crippen molar-refractivity contribution in [2.45, 2.75) is 0 Å². The fraction of sp³-hybridized carbons (Fsp3) is 0.333. The van der Waals surface area contributed by atoms with Crippen molar-refractivity contribution < 1.29 is 18.7 Å². The zero-order valence-corrected chi connectivity index (χ0v) is 9.69. The van der Waals surface area contributed by atoms with Crippen molar-refractivity contribution in [3.63, 3.8) is 0 Å². The van der Waals surface area contributed by atoms with E-state index in [9.17, 15) is 14.0 Å². The van der Waals surface area contributed by atoms with Crippen molar-refractivity contribution in [3.05, 3.63) is 35.1 Å². The quantitative estimate of drug-likeness (QED) is 0.827. The van der Waals surface area contributed by atoms with Crippen LogP contribution >= 0.6 is 0 Å². The van der Waals surface area contributed by atoms with E-state index in [-0.39, 0.29) is 11.1 Å². The minimum absolute atomic E-state index is 0.0472. The SMILES string of the molecule is NC(=O)c1ccc(C(=O)N2CCOCC2)c(F)c1. The Labute approximate surface area is 103 Å². The van der Waals surface area contributed by atoms with Gasteiger partial charge in [-0.15, -0.1) is 0 Å².